The molecule has 0 aliphatic carbocycles. The van der Waals surface area contributed by atoms with Gasteiger partial charge in [-0.2, -0.15) is 0 Å². The minimum absolute atomic E-state index is 0.0206. The van der Waals surface area contributed by atoms with Crippen molar-refractivity contribution in [3.05, 3.63) is 23.7 Å². The molecule has 0 saturated carbocycles. The second-order valence-corrected chi connectivity index (χ2v) is 5.74. The van der Waals surface area contributed by atoms with Gasteiger partial charge in [0.15, 0.2) is 11.6 Å². The van der Waals surface area contributed by atoms with Gasteiger partial charge in [0.2, 0.25) is 0 Å². The highest BCUT2D eigenvalue weighted by molar-refractivity contribution is 5.71. The molecular formula is C14H22N2O4. The Balaban J connectivity index is 2.23. The lowest BCUT2D eigenvalue weighted by Crippen LogP contribution is -2.48. The van der Waals surface area contributed by atoms with Crippen molar-refractivity contribution in [2.24, 2.45) is 0 Å². The van der Waals surface area contributed by atoms with E-state index in [4.69, 9.17) is 14.6 Å². The van der Waals surface area contributed by atoms with Gasteiger partial charge in [-0.1, -0.05) is 6.08 Å². The van der Waals surface area contributed by atoms with E-state index in [9.17, 15) is 4.79 Å². The molecule has 2 heterocycles. The van der Waals surface area contributed by atoms with Crippen molar-refractivity contribution >= 4 is 6.09 Å². The van der Waals surface area contributed by atoms with E-state index >= 15 is 0 Å². The molecule has 0 aromatic heterocycles. The van der Waals surface area contributed by atoms with E-state index in [1.807, 2.05) is 37.8 Å². The van der Waals surface area contributed by atoms with E-state index in [-0.39, 0.29) is 12.7 Å². The number of aliphatic hydroxyl groups is 1. The first-order chi connectivity index (χ1) is 9.42. The molecule has 0 aromatic rings. The molecule has 112 valence electrons. The van der Waals surface area contributed by atoms with Gasteiger partial charge >= 0.3 is 6.09 Å². The molecule has 1 N–H and O–H groups in total. The number of aliphatic hydroxyl groups excluding tert-OH is 1. The number of ether oxygens (including phenoxy) is 2. The molecule has 2 aliphatic rings. The quantitative estimate of drug-likeness (QED) is 0.827. The maximum Gasteiger partial charge on any atom is 0.416 e. The van der Waals surface area contributed by atoms with Crippen LogP contribution >= 0.6 is 0 Å². The third-order valence-electron chi connectivity index (χ3n) is 2.93. The maximum atomic E-state index is 12.3. The number of nitrogens with zero attached hydrogens (tertiary/aromatic N) is 2. The standard InChI is InChI=1S/C14H22N2O4/c1-14(2,3)20-13(18)16-8-10-19-11-5-4-6-15(7-9-17)12(11)16/h4-5,17H,6-10H2,1-3H3. The predicted octanol–water partition coefficient (Wildman–Crippen LogP) is 1.29. The van der Waals surface area contributed by atoms with Crippen LogP contribution in [0.2, 0.25) is 0 Å². The monoisotopic (exact) mass is 282 g/mol. The second-order valence-electron chi connectivity index (χ2n) is 5.74. The van der Waals surface area contributed by atoms with Crippen molar-refractivity contribution in [3.8, 4) is 0 Å². The first-order valence-electron chi connectivity index (χ1n) is 6.82. The maximum absolute atomic E-state index is 12.3. The summed E-state index contributed by atoms with van der Waals surface area (Å²) >= 11 is 0. The smallest absolute Gasteiger partial charge is 0.416 e. The van der Waals surface area contributed by atoms with Crippen LogP contribution in [0, 0.1) is 0 Å². The summed E-state index contributed by atoms with van der Waals surface area (Å²) in [6.45, 7) is 7.52. The number of allylic oxidation sites excluding steroid dienone is 1. The van der Waals surface area contributed by atoms with Crippen molar-refractivity contribution in [1.29, 1.82) is 0 Å². The summed E-state index contributed by atoms with van der Waals surface area (Å²) in [7, 11) is 0. The largest absolute Gasteiger partial charge is 0.488 e. The van der Waals surface area contributed by atoms with Crippen molar-refractivity contribution in [3.63, 3.8) is 0 Å². The number of rotatable bonds is 2. The van der Waals surface area contributed by atoms with Crippen LogP contribution in [-0.4, -0.2) is 59.4 Å². The van der Waals surface area contributed by atoms with Gasteiger partial charge in [0.25, 0.3) is 0 Å². The topological polar surface area (TPSA) is 62.2 Å². The van der Waals surface area contributed by atoms with Crippen molar-refractivity contribution < 1.29 is 19.4 Å². The van der Waals surface area contributed by atoms with Crippen LogP contribution in [0.4, 0.5) is 4.79 Å². The highest BCUT2D eigenvalue weighted by atomic mass is 16.6. The first kappa shape index (κ1) is 14.7. The van der Waals surface area contributed by atoms with Gasteiger partial charge in [0.05, 0.1) is 13.2 Å². The summed E-state index contributed by atoms with van der Waals surface area (Å²) < 4.78 is 11.0. The molecule has 0 saturated heterocycles. The number of carbonyl (C=O) groups excluding carboxylic acids is 1. The minimum atomic E-state index is -0.539. The third-order valence-corrected chi connectivity index (χ3v) is 2.93. The van der Waals surface area contributed by atoms with Crippen LogP contribution in [-0.2, 0) is 9.47 Å². The van der Waals surface area contributed by atoms with Crippen LogP contribution in [0.15, 0.2) is 23.7 Å². The highest BCUT2D eigenvalue weighted by Gasteiger charge is 2.33. The van der Waals surface area contributed by atoms with Crippen LogP contribution in [0.1, 0.15) is 20.8 Å². The van der Waals surface area contributed by atoms with Gasteiger partial charge in [-0.25, -0.2) is 4.79 Å². The Hall–Kier alpha value is -1.69. The molecule has 6 heteroatoms. The van der Waals surface area contributed by atoms with Gasteiger partial charge in [0.1, 0.15) is 12.2 Å². The lowest BCUT2D eigenvalue weighted by Gasteiger charge is -2.39. The third kappa shape index (κ3) is 3.25. The fraction of sp³-hybridized carbons (Fsp3) is 0.643. The summed E-state index contributed by atoms with van der Waals surface area (Å²) in [5.74, 6) is 1.34. The SMILES string of the molecule is CC(C)(C)OC(=O)N1CCOC2=C1N(CCO)CC=C2. The molecule has 2 rings (SSSR count). The average molecular weight is 282 g/mol. The molecular weight excluding hydrogens is 260 g/mol. The molecule has 0 aromatic carbocycles. The molecule has 6 nitrogen and oxygen atoms in total. The Kier molecular flexibility index (Phi) is 4.23. The van der Waals surface area contributed by atoms with Crippen molar-refractivity contribution in [2.45, 2.75) is 26.4 Å². The molecule has 20 heavy (non-hydrogen) atoms. The van der Waals surface area contributed by atoms with Gasteiger partial charge in [-0.15, -0.1) is 0 Å². The van der Waals surface area contributed by atoms with E-state index in [0.29, 0.717) is 37.8 Å². The van der Waals surface area contributed by atoms with Gasteiger partial charge in [0, 0.05) is 13.1 Å². The van der Waals surface area contributed by atoms with E-state index in [1.54, 1.807) is 4.90 Å². The fourth-order valence-electron chi connectivity index (χ4n) is 2.19. The zero-order chi connectivity index (χ0) is 14.8. The molecule has 0 fully saturated rings. The fourth-order valence-corrected chi connectivity index (χ4v) is 2.19. The van der Waals surface area contributed by atoms with Gasteiger partial charge < -0.3 is 19.5 Å². The lowest BCUT2D eigenvalue weighted by molar-refractivity contribution is 0.00985. The molecule has 0 atom stereocenters. The Morgan fingerprint density at radius 3 is 2.90 bits per heavy atom. The molecule has 1 amide bonds. The number of hydrogen-bond acceptors (Lipinski definition) is 5. The summed E-state index contributed by atoms with van der Waals surface area (Å²) in [5, 5.41) is 9.16. The predicted molar refractivity (Wildman–Crippen MR) is 73.7 cm³/mol. The summed E-state index contributed by atoms with van der Waals surface area (Å²) in [5.41, 5.74) is -0.539. The first-order valence-corrected chi connectivity index (χ1v) is 6.82. The zero-order valence-corrected chi connectivity index (χ0v) is 12.3. The summed E-state index contributed by atoms with van der Waals surface area (Å²) in [4.78, 5) is 15.8. The van der Waals surface area contributed by atoms with E-state index in [0.717, 1.165) is 0 Å². The molecule has 0 radical (unpaired) electrons. The number of hydrogen-bond donors (Lipinski definition) is 1. The molecule has 0 bridgehead atoms. The van der Waals surface area contributed by atoms with Crippen molar-refractivity contribution in [1.82, 2.24) is 9.80 Å². The zero-order valence-electron chi connectivity index (χ0n) is 12.3. The van der Waals surface area contributed by atoms with Crippen LogP contribution in [0.5, 0.6) is 0 Å². The number of carbonyl (C=O) groups is 1. The van der Waals surface area contributed by atoms with Gasteiger partial charge in [-0.05, 0) is 26.8 Å². The number of β-amino-alcohol motifs (C(OH)–C–C–N with tert-alkyl or cyclic N) is 1. The normalized spacial score (nSPS) is 18.8. The molecule has 2 aliphatic heterocycles. The summed E-state index contributed by atoms with van der Waals surface area (Å²) in [6, 6.07) is 0. The average Bonchev–Trinajstić information content (AvgIpc) is 2.36. The van der Waals surface area contributed by atoms with E-state index < -0.39 is 5.60 Å². The minimum Gasteiger partial charge on any atom is -0.488 e. The van der Waals surface area contributed by atoms with E-state index in [1.165, 1.54) is 0 Å². The Morgan fingerprint density at radius 2 is 2.25 bits per heavy atom. The summed E-state index contributed by atoms with van der Waals surface area (Å²) in [6.07, 6.45) is 3.43. The Morgan fingerprint density at radius 1 is 1.50 bits per heavy atom. The second kappa shape index (κ2) is 5.75. The van der Waals surface area contributed by atoms with Crippen LogP contribution in [0.25, 0.3) is 0 Å². The van der Waals surface area contributed by atoms with Crippen LogP contribution < -0.4 is 0 Å². The Bertz CT molecular complexity index is 437. The van der Waals surface area contributed by atoms with E-state index in [2.05, 4.69) is 0 Å². The highest BCUT2D eigenvalue weighted by Crippen LogP contribution is 2.26. The molecule has 0 unspecified atom stereocenters. The number of amides is 1. The lowest BCUT2D eigenvalue weighted by atomic mass is 10.2. The van der Waals surface area contributed by atoms with Crippen molar-refractivity contribution in [2.75, 3.05) is 32.8 Å². The van der Waals surface area contributed by atoms with Crippen LogP contribution in [0.3, 0.4) is 0 Å². The Labute approximate surface area is 119 Å². The molecule has 0 spiro atoms. The van der Waals surface area contributed by atoms with Gasteiger partial charge in [-0.3, -0.25) is 4.90 Å².